The van der Waals surface area contributed by atoms with Gasteiger partial charge in [-0.2, -0.15) is 5.10 Å². The lowest BCUT2D eigenvalue weighted by Crippen LogP contribution is -2.50. The number of benzene rings is 1. The van der Waals surface area contributed by atoms with Crippen LogP contribution in [0.15, 0.2) is 35.4 Å². The largest absolute Gasteiger partial charge is 0.308 e. The summed E-state index contributed by atoms with van der Waals surface area (Å²) in [5.41, 5.74) is 1.74. The predicted octanol–water partition coefficient (Wildman–Crippen LogP) is 2.55. The average Bonchev–Trinajstić information content (AvgIpc) is 3.28. The maximum atomic E-state index is 13.2. The lowest BCUT2D eigenvalue weighted by molar-refractivity contribution is 0.0418. The minimum atomic E-state index is -0.103. The number of hydrogen-bond donors (Lipinski definition) is 0. The van der Waals surface area contributed by atoms with E-state index >= 15 is 0 Å². The second-order valence-electron chi connectivity index (χ2n) is 8.57. The number of likely N-dealkylation sites (tertiary alicyclic amines) is 1. The summed E-state index contributed by atoms with van der Waals surface area (Å²) in [5.74, 6) is 1.30. The van der Waals surface area contributed by atoms with Crippen molar-refractivity contribution in [3.8, 4) is 0 Å². The third-order valence-electron chi connectivity index (χ3n) is 6.49. The fraction of sp³-hybridized carbons (Fsp3) is 0.619. The Kier molecular flexibility index (Phi) is 4.61. The van der Waals surface area contributed by atoms with E-state index in [1.165, 1.54) is 13.0 Å². The molecular weight excluding hydrogens is 324 g/mol. The molecule has 1 amide bonds. The van der Waals surface area contributed by atoms with Crippen LogP contribution in [-0.2, 0) is 0 Å². The third kappa shape index (κ3) is 2.97. The molecule has 5 heteroatoms. The Morgan fingerprint density at radius 2 is 2.04 bits per heavy atom. The summed E-state index contributed by atoms with van der Waals surface area (Å²) in [6.45, 7) is 6.55. The fourth-order valence-corrected chi connectivity index (χ4v) is 5.26. The topological polar surface area (TPSA) is 39.2 Å². The molecule has 1 aromatic carbocycles. The Balaban J connectivity index is 1.56. The van der Waals surface area contributed by atoms with Gasteiger partial charge in [-0.1, -0.05) is 18.2 Å². The van der Waals surface area contributed by atoms with Crippen molar-refractivity contribution in [2.24, 2.45) is 16.9 Å². The highest BCUT2D eigenvalue weighted by Gasteiger charge is 2.58. The first-order chi connectivity index (χ1) is 12.5. The van der Waals surface area contributed by atoms with E-state index in [0.29, 0.717) is 11.8 Å². The number of hydrogen-bond acceptors (Lipinski definition) is 4. The maximum absolute atomic E-state index is 13.2. The van der Waals surface area contributed by atoms with Gasteiger partial charge in [-0.25, -0.2) is 5.01 Å². The SMILES string of the molecule is CC1=NN(C(=O)c2ccccc2)[C@]2(CC[C@H]3CN(CCN(C)C)C[C@@H]32)C1. The van der Waals surface area contributed by atoms with E-state index in [4.69, 9.17) is 5.10 Å². The van der Waals surface area contributed by atoms with Gasteiger partial charge >= 0.3 is 0 Å². The Hall–Kier alpha value is -1.72. The highest BCUT2D eigenvalue weighted by atomic mass is 16.2. The van der Waals surface area contributed by atoms with Crippen molar-refractivity contribution < 1.29 is 4.79 Å². The van der Waals surface area contributed by atoms with Gasteiger partial charge in [0, 0.05) is 49.8 Å². The molecule has 0 N–H and O–H groups in total. The standard InChI is InChI=1S/C21H30N4O/c1-16-13-21(25(22-16)20(26)17-7-5-4-6-8-17)10-9-18-14-24(15-19(18)21)12-11-23(2)3/h4-8,18-19H,9-15H2,1-3H3/t18-,19-,21+/m0/s1. The zero-order valence-corrected chi connectivity index (χ0v) is 16.2. The molecule has 0 bridgehead atoms. The first kappa shape index (κ1) is 17.7. The second-order valence-corrected chi connectivity index (χ2v) is 8.57. The summed E-state index contributed by atoms with van der Waals surface area (Å²) in [6, 6.07) is 9.63. The molecule has 2 fully saturated rings. The number of amides is 1. The molecule has 3 atom stereocenters. The van der Waals surface area contributed by atoms with E-state index in [9.17, 15) is 4.79 Å². The van der Waals surface area contributed by atoms with Gasteiger partial charge in [-0.3, -0.25) is 4.79 Å². The van der Waals surface area contributed by atoms with Gasteiger partial charge in [0.1, 0.15) is 0 Å². The van der Waals surface area contributed by atoms with Crippen LogP contribution in [0.3, 0.4) is 0 Å². The van der Waals surface area contributed by atoms with Crippen LogP contribution in [-0.4, -0.2) is 72.2 Å². The minimum absolute atomic E-state index is 0.0647. The molecule has 0 radical (unpaired) electrons. The Bertz CT molecular complexity index is 701. The first-order valence-electron chi connectivity index (χ1n) is 9.80. The summed E-state index contributed by atoms with van der Waals surface area (Å²) in [4.78, 5) is 18.1. The van der Waals surface area contributed by atoms with Crippen LogP contribution in [0.1, 0.15) is 36.5 Å². The van der Waals surface area contributed by atoms with Gasteiger partial charge in [0.05, 0.1) is 5.54 Å². The molecule has 4 rings (SSSR count). The molecule has 1 saturated heterocycles. The molecule has 0 unspecified atom stereocenters. The number of nitrogens with zero attached hydrogens (tertiary/aromatic N) is 4. The van der Waals surface area contributed by atoms with Crippen molar-refractivity contribution in [2.45, 2.75) is 31.7 Å². The summed E-state index contributed by atoms with van der Waals surface area (Å²) in [7, 11) is 4.26. The molecule has 1 aromatic rings. The number of rotatable bonds is 4. The smallest absolute Gasteiger partial charge is 0.274 e. The van der Waals surface area contributed by atoms with Crippen LogP contribution in [0.5, 0.6) is 0 Å². The number of carbonyl (C=O) groups excluding carboxylic acids is 1. The zero-order valence-electron chi connectivity index (χ0n) is 16.2. The highest BCUT2D eigenvalue weighted by molar-refractivity contribution is 5.98. The Morgan fingerprint density at radius 3 is 2.77 bits per heavy atom. The van der Waals surface area contributed by atoms with E-state index in [1.54, 1.807) is 0 Å². The number of fused-ring (bicyclic) bond motifs is 2. The summed E-state index contributed by atoms with van der Waals surface area (Å²) in [6.07, 6.45) is 3.24. The Morgan fingerprint density at radius 1 is 1.27 bits per heavy atom. The molecular formula is C21H30N4O. The molecule has 1 saturated carbocycles. The van der Waals surface area contributed by atoms with E-state index in [0.717, 1.165) is 43.8 Å². The number of likely N-dealkylation sites (N-methyl/N-ethyl adjacent to an activating group) is 1. The van der Waals surface area contributed by atoms with Crippen molar-refractivity contribution in [3.05, 3.63) is 35.9 Å². The first-order valence-corrected chi connectivity index (χ1v) is 9.80. The summed E-state index contributed by atoms with van der Waals surface area (Å²) < 4.78 is 0. The van der Waals surface area contributed by atoms with Gasteiger partial charge < -0.3 is 9.80 Å². The van der Waals surface area contributed by atoms with Gasteiger partial charge in [0.15, 0.2) is 0 Å². The van der Waals surface area contributed by atoms with Gasteiger partial charge in [0.2, 0.25) is 0 Å². The molecule has 26 heavy (non-hydrogen) atoms. The Labute approximate surface area is 156 Å². The normalized spacial score (nSPS) is 31.1. The zero-order chi connectivity index (χ0) is 18.3. The van der Waals surface area contributed by atoms with Crippen LogP contribution in [0.25, 0.3) is 0 Å². The van der Waals surface area contributed by atoms with Crippen molar-refractivity contribution in [1.29, 1.82) is 0 Å². The van der Waals surface area contributed by atoms with Crippen LogP contribution in [0, 0.1) is 11.8 Å². The highest BCUT2D eigenvalue weighted by Crippen LogP contribution is 2.52. The predicted molar refractivity (Wildman–Crippen MR) is 104 cm³/mol. The van der Waals surface area contributed by atoms with Gasteiger partial charge in [-0.15, -0.1) is 0 Å². The van der Waals surface area contributed by atoms with Gasteiger partial charge in [-0.05, 0) is 51.9 Å². The van der Waals surface area contributed by atoms with E-state index in [2.05, 4.69) is 30.8 Å². The van der Waals surface area contributed by atoms with Crippen LogP contribution < -0.4 is 0 Å². The second kappa shape index (κ2) is 6.78. The lowest BCUT2D eigenvalue weighted by atomic mass is 9.81. The summed E-state index contributed by atoms with van der Waals surface area (Å²) >= 11 is 0. The third-order valence-corrected chi connectivity index (χ3v) is 6.49. The van der Waals surface area contributed by atoms with Crippen molar-refractivity contribution in [1.82, 2.24) is 14.8 Å². The molecule has 140 valence electrons. The average molecular weight is 354 g/mol. The van der Waals surface area contributed by atoms with Crippen LogP contribution >= 0.6 is 0 Å². The van der Waals surface area contributed by atoms with E-state index in [-0.39, 0.29) is 11.4 Å². The molecule has 0 aromatic heterocycles. The molecule has 1 aliphatic carbocycles. The molecule has 5 nitrogen and oxygen atoms in total. The lowest BCUT2D eigenvalue weighted by Gasteiger charge is -2.38. The van der Waals surface area contributed by atoms with Crippen molar-refractivity contribution in [2.75, 3.05) is 40.3 Å². The fourth-order valence-electron chi connectivity index (χ4n) is 5.26. The maximum Gasteiger partial charge on any atom is 0.274 e. The van der Waals surface area contributed by atoms with E-state index < -0.39 is 0 Å². The number of hydrazone groups is 1. The van der Waals surface area contributed by atoms with Crippen LogP contribution in [0.4, 0.5) is 0 Å². The molecule has 1 spiro atoms. The quantitative estimate of drug-likeness (QED) is 0.834. The molecule has 2 aliphatic heterocycles. The van der Waals surface area contributed by atoms with Crippen molar-refractivity contribution >= 4 is 11.6 Å². The van der Waals surface area contributed by atoms with Crippen LogP contribution in [0.2, 0.25) is 0 Å². The van der Waals surface area contributed by atoms with E-state index in [1.807, 2.05) is 35.3 Å². The molecule has 2 heterocycles. The molecule has 3 aliphatic rings. The monoisotopic (exact) mass is 354 g/mol. The van der Waals surface area contributed by atoms with Gasteiger partial charge in [0.25, 0.3) is 5.91 Å². The minimum Gasteiger partial charge on any atom is -0.308 e. The summed E-state index contributed by atoms with van der Waals surface area (Å²) in [5, 5.41) is 6.61. The number of carbonyl (C=O) groups is 1. The van der Waals surface area contributed by atoms with Crippen molar-refractivity contribution in [3.63, 3.8) is 0 Å².